The van der Waals surface area contributed by atoms with E-state index in [2.05, 4.69) is 5.10 Å². The van der Waals surface area contributed by atoms with Gasteiger partial charge >= 0.3 is 0 Å². The monoisotopic (exact) mass is 140 g/mol. The molecular weight excluding hydrogens is 128 g/mol. The first kappa shape index (κ1) is 7.28. The molecule has 0 unspecified atom stereocenters. The standard InChI is InChI=1S/C7H12N2O/c1-5-4-7(6(2)10)8-9(5)3/h4,6,10H,1-3H3/t6-/m1/s1. The Labute approximate surface area is 60.3 Å². The number of hydrogen-bond acceptors (Lipinski definition) is 2. The summed E-state index contributed by atoms with van der Waals surface area (Å²) in [7, 11) is 1.86. The molecule has 0 aromatic carbocycles. The SMILES string of the molecule is Cc1cc([C@@H](C)O)nn1C. The van der Waals surface area contributed by atoms with Crippen LogP contribution in [0.2, 0.25) is 0 Å². The van der Waals surface area contributed by atoms with Gasteiger partial charge in [0.15, 0.2) is 0 Å². The molecule has 0 amide bonds. The summed E-state index contributed by atoms with van der Waals surface area (Å²) in [4.78, 5) is 0. The molecule has 0 spiro atoms. The molecule has 0 saturated carbocycles. The molecule has 0 aliphatic carbocycles. The van der Waals surface area contributed by atoms with Crippen molar-refractivity contribution < 1.29 is 5.11 Å². The average Bonchev–Trinajstić information content (AvgIpc) is 2.13. The van der Waals surface area contributed by atoms with Crippen LogP contribution < -0.4 is 0 Å². The van der Waals surface area contributed by atoms with Gasteiger partial charge in [0.1, 0.15) is 0 Å². The van der Waals surface area contributed by atoms with E-state index in [1.54, 1.807) is 11.6 Å². The van der Waals surface area contributed by atoms with Crippen LogP contribution in [-0.4, -0.2) is 14.9 Å². The van der Waals surface area contributed by atoms with Crippen LogP contribution in [0, 0.1) is 6.92 Å². The maximum atomic E-state index is 9.09. The van der Waals surface area contributed by atoms with Gasteiger partial charge in [-0.05, 0) is 19.9 Å². The molecule has 0 fully saturated rings. The molecule has 0 saturated heterocycles. The molecule has 0 aliphatic rings. The lowest BCUT2D eigenvalue weighted by molar-refractivity contribution is 0.193. The quantitative estimate of drug-likeness (QED) is 0.626. The number of rotatable bonds is 1. The van der Waals surface area contributed by atoms with E-state index in [0.29, 0.717) is 0 Å². The van der Waals surface area contributed by atoms with Gasteiger partial charge in [-0.2, -0.15) is 5.10 Å². The molecule has 0 bridgehead atoms. The highest BCUT2D eigenvalue weighted by Gasteiger charge is 2.05. The van der Waals surface area contributed by atoms with Crippen LogP contribution in [0.15, 0.2) is 6.07 Å². The third-order valence-corrected chi connectivity index (χ3v) is 1.56. The minimum absolute atomic E-state index is 0.458. The van der Waals surface area contributed by atoms with E-state index < -0.39 is 6.10 Å². The van der Waals surface area contributed by atoms with Gasteiger partial charge in [-0.25, -0.2) is 0 Å². The summed E-state index contributed by atoms with van der Waals surface area (Å²) in [5, 5.41) is 13.2. The lowest BCUT2D eigenvalue weighted by atomic mass is 10.3. The van der Waals surface area contributed by atoms with Gasteiger partial charge < -0.3 is 5.11 Å². The summed E-state index contributed by atoms with van der Waals surface area (Å²) in [6.45, 7) is 3.67. The fraction of sp³-hybridized carbons (Fsp3) is 0.571. The largest absolute Gasteiger partial charge is 0.387 e. The lowest BCUT2D eigenvalue weighted by Gasteiger charge is -1.95. The van der Waals surface area contributed by atoms with Crippen molar-refractivity contribution in [3.05, 3.63) is 17.5 Å². The highest BCUT2D eigenvalue weighted by molar-refractivity contribution is 5.09. The molecule has 1 aromatic rings. The first-order chi connectivity index (χ1) is 4.61. The van der Waals surface area contributed by atoms with Gasteiger partial charge in [0.05, 0.1) is 11.8 Å². The van der Waals surface area contributed by atoms with Crippen molar-refractivity contribution in [2.24, 2.45) is 7.05 Å². The van der Waals surface area contributed by atoms with Crippen LogP contribution in [-0.2, 0) is 7.05 Å². The molecule has 3 nitrogen and oxygen atoms in total. The summed E-state index contributed by atoms with van der Waals surface area (Å²) in [6.07, 6.45) is -0.458. The van der Waals surface area contributed by atoms with Crippen molar-refractivity contribution in [3.63, 3.8) is 0 Å². The second-order valence-corrected chi connectivity index (χ2v) is 2.51. The molecule has 1 aromatic heterocycles. The number of aromatic nitrogens is 2. The lowest BCUT2D eigenvalue weighted by Crippen LogP contribution is -1.95. The number of aryl methyl sites for hydroxylation is 2. The molecule has 56 valence electrons. The summed E-state index contributed by atoms with van der Waals surface area (Å²) in [5.41, 5.74) is 1.80. The Bertz CT molecular complexity index is 208. The van der Waals surface area contributed by atoms with Crippen molar-refractivity contribution >= 4 is 0 Å². The Hall–Kier alpha value is -0.830. The third-order valence-electron chi connectivity index (χ3n) is 1.56. The van der Waals surface area contributed by atoms with Gasteiger partial charge in [0.25, 0.3) is 0 Å². The van der Waals surface area contributed by atoms with Gasteiger partial charge in [-0.15, -0.1) is 0 Å². The first-order valence-electron chi connectivity index (χ1n) is 3.30. The molecule has 1 rings (SSSR count). The average molecular weight is 140 g/mol. The molecule has 0 radical (unpaired) electrons. The fourth-order valence-corrected chi connectivity index (χ4v) is 0.793. The van der Waals surface area contributed by atoms with Crippen LogP contribution in [0.1, 0.15) is 24.4 Å². The highest BCUT2D eigenvalue weighted by Crippen LogP contribution is 2.09. The van der Waals surface area contributed by atoms with Crippen LogP contribution in [0.25, 0.3) is 0 Å². The first-order valence-corrected chi connectivity index (χ1v) is 3.30. The van der Waals surface area contributed by atoms with E-state index in [1.165, 1.54) is 0 Å². The number of hydrogen-bond donors (Lipinski definition) is 1. The Morgan fingerprint density at radius 3 is 2.50 bits per heavy atom. The Kier molecular flexibility index (Phi) is 1.76. The Morgan fingerprint density at radius 1 is 1.70 bits per heavy atom. The van der Waals surface area contributed by atoms with Crippen LogP contribution in [0.3, 0.4) is 0 Å². The Morgan fingerprint density at radius 2 is 2.30 bits per heavy atom. The predicted molar refractivity (Wildman–Crippen MR) is 38.6 cm³/mol. The zero-order chi connectivity index (χ0) is 7.72. The topological polar surface area (TPSA) is 38.1 Å². The number of aliphatic hydroxyl groups excluding tert-OH is 1. The number of aliphatic hydroxyl groups is 1. The minimum atomic E-state index is -0.458. The van der Waals surface area contributed by atoms with E-state index in [-0.39, 0.29) is 0 Å². The third kappa shape index (κ3) is 1.19. The van der Waals surface area contributed by atoms with E-state index in [0.717, 1.165) is 11.4 Å². The van der Waals surface area contributed by atoms with Gasteiger partial charge in [0, 0.05) is 12.7 Å². The van der Waals surface area contributed by atoms with Crippen molar-refractivity contribution in [1.29, 1.82) is 0 Å². The maximum Gasteiger partial charge on any atom is 0.0950 e. The second kappa shape index (κ2) is 2.42. The highest BCUT2D eigenvalue weighted by atomic mass is 16.3. The fourth-order valence-electron chi connectivity index (χ4n) is 0.793. The van der Waals surface area contributed by atoms with Crippen molar-refractivity contribution in [1.82, 2.24) is 9.78 Å². The van der Waals surface area contributed by atoms with Crippen LogP contribution in [0.5, 0.6) is 0 Å². The predicted octanol–water partition coefficient (Wildman–Crippen LogP) is 0.782. The molecule has 0 aliphatic heterocycles. The number of nitrogens with zero attached hydrogens (tertiary/aromatic N) is 2. The normalized spacial score (nSPS) is 13.6. The van der Waals surface area contributed by atoms with Crippen molar-refractivity contribution in [3.8, 4) is 0 Å². The molecule has 1 N–H and O–H groups in total. The van der Waals surface area contributed by atoms with Crippen LogP contribution in [0.4, 0.5) is 0 Å². The summed E-state index contributed by atoms with van der Waals surface area (Å²) in [6, 6.07) is 1.88. The summed E-state index contributed by atoms with van der Waals surface area (Å²) < 4.78 is 1.75. The summed E-state index contributed by atoms with van der Waals surface area (Å²) in [5.74, 6) is 0. The molecule has 1 heterocycles. The molecular formula is C7H12N2O. The zero-order valence-corrected chi connectivity index (χ0v) is 6.50. The Balaban J connectivity index is 2.98. The second-order valence-electron chi connectivity index (χ2n) is 2.51. The van der Waals surface area contributed by atoms with E-state index in [9.17, 15) is 0 Å². The molecule has 1 atom stereocenters. The molecule has 10 heavy (non-hydrogen) atoms. The van der Waals surface area contributed by atoms with Crippen molar-refractivity contribution in [2.75, 3.05) is 0 Å². The van der Waals surface area contributed by atoms with Crippen molar-refractivity contribution in [2.45, 2.75) is 20.0 Å². The van der Waals surface area contributed by atoms with Crippen LogP contribution >= 0.6 is 0 Å². The van der Waals surface area contributed by atoms with Gasteiger partial charge in [-0.1, -0.05) is 0 Å². The van der Waals surface area contributed by atoms with E-state index in [4.69, 9.17) is 5.11 Å². The van der Waals surface area contributed by atoms with Gasteiger partial charge in [-0.3, -0.25) is 4.68 Å². The summed E-state index contributed by atoms with van der Waals surface area (Å²) >= 11 is 0. The molecule has 3 heteroatoms. The minimum Gasteiger partial charge on any atom is -0.387 e. The van der Waals surface area contributed by atoms with Gasteiger partial charge in [0.2, 0.25) is 0 Å². The van der Waals surface area contributed by atoms with E-state index in [1.807, 2.05) is 20.0 Å². The smallest absolute Gasteiger partial charge is 0.0950 e. The zero-order valence-electron chi connectivity index (χ0n) is 6.50. The van der Waals surface area contributed by atoms with E-state index >= 15 is 0 Å². The maximum absolute atomic E-state index is 9.09.